The standard InChI is InChI=1S/C105H78N2O/c1-103(2)94-34-20-17-32-90(94)100-96(103)62-61-89-92-64-68(63-91(101(92)108-102(89)100)76-45-57-81(58-46-76)106(79-49-37-71(38-50-79)69-23-9-6-10-24-69)80-51-39-72(40-52-80)70-25-11-7-12-26-70)67-105(5)95-35-21-16-31-86(95)88-60-48-78(66-98(88)105)74-43-55-83(56-44-74)107(99-36-22-18-29-84(99)75-27-13-8-14-28-75)82-53-41-73(42-54-82)77-47-59-87-85-30-15-19-33-93(85)104(3,4)97(87)65-77/h6-66H,67H2,1-5H3. The van der Waals surface area contributed by atoms with Crippen molar-refractivity contribution < 1.29 is 4.42 Å². The fraction of sp³-hybridized carbons (Fsp3) is 0.0857. The van der Waals surface area contributed by atoms with Gasteiger partial charge >= 0.3 is 0 Å². The van der Waals surface area contributed by atoms with Gasteiger partial charge in [-0.3, -0.25) is 0 Å². The van der Waals surface area contributed by atoms with Gasteiger partial charge in [0.2, 0.25) is 0 Å². The minimum absolute atomic E-state index is 0.0837. The van der Waals surface area contributed by atoms with E-state index in [1.807, 2.05) is 0 Å². The maximum Gasteiger partial charge on any atom is 0.143 e. The molecule has 1 unspecified atom stereocenters. The molecule has 0 amide bonds. The molecule has 1 aromatic heterocycles. The van der Waals surface area contributed by atoms with Gasteiger partial charge in [0.05, 0.1) is 5.69 Å². The van der Waals surface area contributed by atoms with Crippen molar-refractivity contribution in [2.24, 2.45) is 0 Å². The van der Waals surface area contributed by atoms with Crippen molar-refractivity contribution in [2.75, 3.05) is 9.80 Å². The van der Waals surface area contributed by atoms with Crippen LogP contribution in [0.1, 0.15) is 73.6 Å². The normalized spacial score (nSPS) is 14.6. The van der Waals surface area contributed by atoms with Gasteiger partial charge in [0.1, 0.15) is 11.2 Å². The van der Waals surface area contributed by atoms with E-state index >= 15 is 0 Å². The predicted molar refractivity (Wildman–Crippen MR) is 453 cm³/mol. The molecule has 17 aromatic rings. The van der Waals surface area contributed by atoms with E-state index in [0.29, 0.717) is 0 Å². The van der Waals surface area contributed by atoms with Crippen molar-refractivity contribution in [3.63, 3.8) is 0 Å². The zero-order valence-electron chi connectivity index (χ0n) is 61.2. The molecule has 0 saturated heterocycles. The molecule has 3 aliphatic carbocycles. The Balaban J connectivity index is 0.680. The summed E-state index contributed by atoms with van der Waals surface area (Å²) in [4.78, 5) is 4.80. The number of hydrogen-bond acceptors (Lipinski definition) is 3. The molecule has 0 aliphatic heterocycles. The number of nitrogens with zero attached hydrogens (tertiary/aromatic N) is 2. The summed E-state index contributed by atoms with van der Waals surface area (Å²) in [5, 5.41) is 2.26. The molecule has 3 heteroatoms. The van der Waals surface area contributed by atoms with Crippen LogP contribution >= 0.6 is 0 Å². The fourth-order valence-corrected chi connectivity index (χ4v) is 18.4. The predicted octanol–water partition coefficient (Wildman–Crippen LogP) is 28.7. The third kappa shape index (κ3) is 10.5. The maximum atomic E-state index is 7.50. The number of hydrogen-bond donors (Lipinski definition) is 0. The Morgan fingerprint density at radius 1 is 0.231 bits per heavy atom. The second kappa shape index (κ2) is 25.3. The maximum absolute atomic E-state index is 7.50. The van der Waals surface area contributed by atoms with Crippen molar-refractivity contribution in [1.82, 2.24) is 0 Å². The lowest BCUT2D eigenvalue weighted by atomic mass is 9.74. The molecule has 0 bridgehead atoms. The van der Waals surface area contributed by atoms with Crippen molar-refractivity contribution >= 4 is 56.1 Å². The Bertz CT molecular complexity index is 6270. The number of benzene rings is 16. The van der Waals surface area contributed by atoms with Crippen LogP contribution < -0.4 is 9.80 Å². The van der Waals surface area contributed by atoms with Crippen LogP contribution in [0, 0.1) is 0 Å². The lowest BCUT2D eigenvalue weighted by Crippen LogP contribution is -2.24. The van der Waals surface area contributed by atoms with Crippen LogP contribution in [0.5, 0.6) is 0 Å². The van der Waals surface area contributed by atoms with Crippen molar-refractivity contribution in [3.8, 4) is 100 Å². The van der Waals surface area contributed by atoms with Gasteiger partial charge in [-0.1, -0.05) is 314 Å². The largest absolute Gasteiger partial charge is 0.455 e. The van der Waals surface area contributed by atoms with Gasteiger partial charge in [0.15, 0.2) is 0 Å². The summed E-state index contributed by atoms with van der Waals surface area (Å²) in [6.45, 7) is 11.9. The van der Waals surface area contributed by atoms with Crippen LogP contribution in [0.3, 0.4) is 0 Å². The second-order valence-electron chi connectivity index (χ2n) is 30.9. The Morgan fingerprint density at radius 3 is 1.15 bits per heavy atom. The summed E-state index contributed by atoms with van der Waals surface area (Å²) in [6, 6.07) is 137. The minimum atomic E-state index is -0.405. The van der Waals surface area contributed by atoms with E-state index in [9.17, 15) is 0 Å². The Labute approximate surface area is 632 Å². The SMILES string of the molecule is CC1(C)c2ccccc2-c2ccc(-c3ccc(N(c4ccc(-c5ccc6c(c5)C(C)(Cc5cc(-c7ccc(N(c8ccc(-c9ccccc9)cc8)c8ccc(-c9ccccc9)cc8)cc7)c7oc8c9c(ccc8c7c5)C(C)(C)c5ccccc5-9)c5ccccc5-6)cc4)c4ccccc4-c4ccccc4)cc3)cc21. The zero-order chi connectivity index (χ0) is 72.4. The van der Waals surface area contributed by atoms with Gasteiger partial charge in [-0.05, 0) is 220 Å². The summed E-state index contributed by atoms with van der Waals surface area (Å²) in [5.74, 6) is 0. The number of rotatable bonds is 14. The number of fused-ring (bicyclic) bond motifs is 13. The van der Waals surface area contributed by atoms with Crippen LogP contribution in [0.15, 0.2) is 374 Å². The van der Waals surface area contributed by atoms with Gasteiger partial charge in [-0.15, -0.1) is 0 Å². The van der Waals surface area contributed by atoms with Crippen molar-refractivity contribution in [2.45, 2.75) is 57.3 Å². The number of para-hydroxylation sites is 1. The second-order valence-corrected chi connectivity index (χ2v) is 30.9. The molecule has 16 aromatic carbocycles. The molecule has 108 heavy (non-hydrogen) atoms. The molecule has 3 aliphatic rings. The molecule has 1 heterocycles. The van der Waals surface area contributed by atoms with Gasteiger partial charge in [0.25, 0.3) is 0 Å². The lowest BCUT2D eigenvalue weighted by molar-refractivity contribution is 0.583. The molecule has 0 N–H and O–H groups in total. The van der Waals surface area contributed by atoms with E-state index in [0.717, 1.165) is 84.7 Å². The topological polar surface area (TPSA) is 19.6 Å². The van der Waals surface area contributed by atoms with E-state index in [1.165, 1.54) is 117 Å². The molecular formula is C105H78N2O. The molecule has 0 spiro atoms. The summed E-state index contributed by atoms with van der Waals surface area (Å²) < 4.78 is 7.50. The first-order valence-corrected chi connectivity index (χ1v) is 37.9. The monoisotopic (exact) mass is 1380 g/mol. The molecule has 1 atom stereocenters. The van der Waals surface area contributed by atoms with E-state index in [1.54, 1.807) is 0 Å². The number of furan rings is 1. The molecule has 514 valence electrons. The fourth-order valence-electron chi connectivity index (χ4n) is 18.4. The molecule has 0 saturated carbocycles. The zero-order valence-corrected chi connectivity index (χ0v) is 61.2. The van der Waals surface area contributed by atoms with Crippen LogP contribution in [-0.2, 0) is 22.7 Å². The smallest absolute Gasteiger partial charge is 0.143 e. The minimum Gasteiger partial charge on any atom is -0.455 e. The molecule has 20 rings (SSSR count). The highest BCUT2D eigenvalue weighted by Gasteiger charge is 2.42. The van der Waals surface area contributed by atoms with Gasteiger partial charge in [-0.25, -0.2) is 0 Å². The lowest BCUT2D eigenvalue weighted by Gasteiger charge is -2.29. The van der Waals surface area contributed by atoms with Gasteiger partial charge < -0.3 is 14.2 Å². The van der Waals surface area contributed by atoms with Crippen molar-refractivity contribution in [1.29, 1.82) is 0 Å². The summed E-state index contributed by atoms with van der Waals surface area (Å²) in [5.41, 5.74) is 38.7. The van der Waals surface area contributed by atoms with Gasteiger partial charge in [-0.2, -0.15) is 0 Å². The van der Waals surface area contributed by atoms with E-state index < -0.39 is 5.41 Å². The van der Waals surface area contributed by atoms with Crippen molar-refractivity contribution in [3.05, 3.63) is 409 Å². The molecular weight excluding hydrogens is 1310 g/mol. The summed E-state index contributed by atoms with van der Waals surface area (Å²) >= 11 is 0. The highest BCUT2D eigenvalue weighted by Crippen LogP contribution is 2.57. The van der Waals surface area contributed by atoms with Crippen LogP contribution in [0.25, 0.3) is 122 Å². The quantitative estimate of drug-likeness (QED) is 0.108. The Hall–Kier alpha value is -13.1. The van der Waals surface area contributed by atoms with Crippen LogP contribution in [-0.4, -0.2) is 0 Å². The van der Waals surface area contributed by atoms with Crippen LogP contribution in [0.4, 0.5) is 34.1 Å². The van der Waals surface area contributed by atoms with E-state index in [2.05, 4.69) is 414 Å². The third-order valence-electron chi connectivity index (χ3n) is 24.0. The highest BCUT2D eigenvalue weighted by molar-refractivity contribution is 6.15. The first-order valence-electron chi connectivity index (χ1n) is 37.9. The van der Waals surface area contributed by atoms with E-state index in [4.69, 9.17) is 4.42 Å². The van der Waals surface area contributed by atoms with Gasteiger partial charge in [0, 0.05) is 72.1 Å². The molecule has 0 fully saturated rings. The van der Waals surface area contributed by atoms with Crippen LogP contribution in [0.2, 0.25) is 0 Å². The molecule has 0 radical (unpaired) electrons. The summed E-state index contributed by atoms with van der Waals surface area (Å²) in [6.07, 6.45) is 0.757. The average molecular weight is 1380 g/mol. The Morgan fingerprint density at radius 2 is 0.602 bits per heavy atom. The first kappa shape index (κ1) is 64.5. The summed E-state index contributed by atoms with van der Waals surface area (Å²) in [7, 11) is 0. The Kier molecular flexibility index (Phi) is 15.1. The first-order chi connectivity index (χ1) is 52.9. The molecule has 3 nitrogen and oxygen atoms in total. The number of anilines is 6. The highest BCUT2D eigenvalue weighted by atomic mass is 16.3. The third-order valence-corrected chi connectivity index (χ3v) is 24.0. The average Bonchev–Trinajstić information content (AvgIpc) is 1.55. The van der Waals surface area contributed by atoms with E-state index in [-0.39, 0.29) is 10.8 Å².